The van der Waals surface area contributed by atoms with Crippen LogP contribution in [0.15, 0.2) is 42.5 Å². The fourth-order valence-electron chi connectivity index (χ4n) is 2.43. The second-order valence-corrected chi connectivity index (χ2v) is 5.66. The van der Waals surface area contributed by atoms with Crippen molar-refractivity contribution in [3.8, 4) is 0 Å². The second kappa shape index (κ2) is 6.64. The van der Waals surface area contributed by atoms with E-state index in [1.165, 1.54) is 11.1 Å². The number of carbonyl (C=O) groups is 1. The van der Waals surface area contributed by atoms with E-state index >= 15 is 0 Å². The molecule has 0 aliphatic heterocycles. The van der Waals surface area contributed by atoms with Crippen LogP contribution in [0.1, 0.15) is 16.7 Å². The van der Waals surface area contributed by atoms with Crippen molar-refractivity contribution in [1.29, 1.82) is 0 Å². The van der Waals surface area contributed by atoms with Gasteiger partial charge >= 0.3 is 5.97 Å². The first-order chi connectivity index (χ1) is 9.94. The number of anilines is 1. The molecule has 0 unspecified atom stereocenters. The normalized spacial score (nSPS) is 10.4. The Hall–Kier alpha value is -2.00. The summed E-state index contributed by atoms with van der Waals surface area (Å²) in [5.74, 6) is -0.852. The van der Waals surface area contributed by atoms with Crippen LogP contribution in [0.5, 0.6) is 0 Å². The van der Waals surface area contributed by atoms with Crippen molar-refractivity contribution in [2.75, 3.05) is 11.4 Å². The molecular formula is C17H18ClNO2. The lowest BCUT2D eigenvalue weighted by atomic mass is 10.1. The van der Waals surface area contributed by atoms with Crippen LogP contribution in [-0.2, 0) is 11.3 Å². The molecule has 2 aromatic carbocycles. The van der Waals surface area contributed by atoms with E-state index in [1.54, 1.807) is 12.1 Å². The van der Waals surface area contributed by atoms with E-state index < -0.39 is 5.97 Å². The Morgan fingerprint density at radius 2 is 1.67 bits per heavy atom. The van der Waals surface area contributed by atoms with E-state index in [1.807, 2.05) is 30.9 Å². The van der Waals surface area contributed by atoms with Crippen molar-refractivity contribution in [2.24, 2.45) is 0 Å². The molecular weight excluding hydrogens is 286 g/mol. The largest absolute Gasteiger partial charge is 0.480 e. The summed E-state index contributed by atoms with van der Waals surface area (Å²) in [6, 6.07) is 13.5. The van der Waals surface area contributed by atoms with Gasteiger partial charge in [0.25, 0.3) is 0 Å². The van der Waals surface area contributed by atoms with Gasteiger partial charge in [0.2, 0.25) is 0 Å². The minimum Gasteiger partial charge on any atom is -0.480 e. The third-order valence-corrected chi connectivity index (χ3v) is 3.42. The van der Waals surface area contributed by atoms with Crippen molar-refractivity contribution in [3.63, 3.8) is 0 Å². The van der Waals surface area contributed by atoms with Gasteiger partial charge in [-0.1, -0.05) is 40.9 Å². The Labute approximate surface area is 129 Å². The highest BCUT2D eigenvalue weighted by atomic mass is 35.5. The molecule has 0 atom stereocenters. The lowest BCUT2D eigenvalue weighted by molar-refractivity contribution is -0.135. The van der Waals surface area contributed by atoms with Gasteiger partial charge < -0.3 is 10.0 Å². The predicted molar refractivity (Wildman–Crippen MR) is 86.1 cm³/mol. The molecule has 21 heavy (non-hydrogen) atoms. The first kappa shape index (κ1) is 15.4. The fourth-order valence-corrected chi connectivity index (χ4v) is 2.56. The number of benzene rings is 2. The molecule has 0 aliphatic rings. The van der Waals surface area contributed by atoms with Crippen molar-refractivity contribution in [1.82, 2.24) is 0 Å². The van der Waals surface area contributed by atoms with Crippen LogP contribution in [0.3, 0.4) is 0 Å². The smallest absolute Gasteiger partial charge is 0.323 e. The Kier molecular flexibility index (Phi) is 4.86. The third-order valence-electron chi connectivity index (χ3n) is 3.17. The molecule has 2 aromatic rings. The highest BCUT2D eigenvalue weighted by Crippen LogP contribution is 2.21. The van der Waals surface area contributed by atoms with E-state index in [0.29, 0.717) is 11.6 Å². The predicted octanol–water partition coefficient (Wildman–Crippen LogP) is 4.05. The molecule has 3 nitrogen and oxygen atoms in total. The SMILES string of the molecule is Cc1cc(C)cc(CN(CC(=O)O)c2ccc(Cl)cc2)c1. The summed E-state index contributed by atoms with van der Waals surface area (Å²) < 4.78 is 0. The first-order valence-electron chi connectivity index (χ1n) is 6.73. The average Bonchev–Trinajstić information content (AvgIpc) is 2.37. The number of rotatable bonds is 5. The number of carboxylic acid groups (broad SMARTS) is 1. The van der Waals surface area contributed by atoms with E-state index in [4.69, 9.17) is 16.7 Å². The molecule has 4 heteroatoms. The number of halogens is 1. The molecule has 0 aromatic heterocycles. The number of hydrogen-bond donors (Lipinski definition) is 1. The molecule has 110 valence electrons. The van der Waals surface area contributed by atoms with Gasteiger partial charge in [0.15, 0.2) is 0 Å². The first-order valence-corrected chi connectivity index (χ1v) is 7.11. The minimum absolute atomic E-state index is 0.0470. The molecule has 0 spiro atoms. The summed E-state index contributed by atoms with van der Waals surface area (Å²) in [6.07, 6.45) is 0. The van der Waals surface area contributed by atoms with E-state index in [-0.39, 0.29) is 6.54 Å². The fraction of sp³-hybridized carbons (Fsp3) is 0.235. The van der Waals surface area contributed by atoms with Crippen LogP contribution in [0.4, 0.5) is 5.69 Å². The standard InChI is InChI=1S/C17H18ClNO2/c1-12-7-13(2)9-14(8-12)10-19(11-17(20)21)16-5-3-15(18)4-6-16/h3-9H,10-11H2,1-2H3,(H,20,21). The maximum Gasteiger partial charge on any atom is 0.323 e. The third kappa shape index (κ3) is 4.50. The molecule has 0 radical (unpaired) electrons. The Bertz CT molecular complexity index is 617. The number of aryl methyl sites for hydroxylation is 2. The monoisotopic (exact) mass is 303 g/mol. The summed E-state index contributed by atoms with van der Waals surface area (Å²) in [6.45, 7) is 4.59. The van der Waals surface area contributed by atoms with Crippen molar-refractivity contribution < 1.29 is 9.90 Å². The summed E-state index contributed by atoms with van der Waals surface area (Å²) in [4.78, 5) is 12.9. The Morgan fingerprint density at radius 1 is 1.10 bits per heavy atom. The highest BCUT2D eigenvalue weighted by Gasteiger charge is 2.12. The number of nitrogens with zero attached hydrogens (tertiary/aromatic N) is 1. The zero-order valence-electron chi connectivity index (χ0n) is 12.1. The van der Waals surface area contributed by atoms with Gasteiger partial charge in [0.1, 0.15) is 6.54 Å². The van der Waals surface area contributed by atoms with Crippen LogP contribution in [0.25, 0.3) is 0 Å². The highest BCUT2D eigenvalue weighted by molar-refractivity contribution is 6.30. The molecule has 0 saturated heterocycles. The maximum absolute atomic E-state index is 11.1. The van der Waals surface area contributed by atoms with Crippen LogP contribution in [0.2, 0.25) is 5.02 Å². The van der Waals surface area contributed by atoms with Gasteiger partial charge in [0, 0.05) is 17.3 Å². The second-order valence-electron chi connectivity index (χ2n) is 5.22. The lowest BCUT2D eigenvalue weighted by Gasteiger charge is -2.23. The average molecular weight is 304 g/mol. The van der Waals surface area contributed by atoms with Crippen LogP contribution in [-0.4, -0.2) is 17.6 Å². The summed E-state index contributed by atoms with van der Waals surface area (Å²) >= 11 is 5.89. The number of hydrogen-bond acceptors (Lipinski definition) is 2. The molecule has 0 heterocycles. The van der Waals surface area contributed by atoms with Gasteiger partial charge in [0.05, 0.1) is 0 Å². The Balaban J connectivity index is 2.27. The quantitative estimate of drug-likeness (QED) is 0.906. The molecule has 0 saturated carbocycles. The van der Waals surface area contributed by atoms with Crippen LogP contribution < -0.4 is 4.90 Å². The zero-order chi connectivity index (χ0) is 15.4. The van der Waals surface area contributed by atoms with Gasteiger partial charge in [-0.15, -0.1) is 0 Å². The molecule has 0 aliphatic carbocycles. The molecule has 1 N–H and O–H groups in total. The molecule has 0 bridgehead atoms. The Morgan fingerprint density at radius 3 is 2.19 bits per heavy atom. The van der Waals surface area contributed by atoms with E-state index in [2.05, 4.69) is 18.2 Å². The van der Waals surface area contributed by atoms with Crippen LogP contribution in [0, 0.1) is 13.8 Å². The maximum atomic E-state index is 11.1. The van der Waals surface area contributed by atoms with Gasteiger partial charge in [-0.2, -0.15) is 0 Å². The molecule has 0 amide bonds. The number of aliphatic carboxylic acids is 1. The molecule has 2 rings (SSSR count). The number of carboxylic acids is 1. The van der Waals surface area contributed by atoms with Crippen molar-refractivity contribution in [2.45, 2.75) is 20.4 Å². The molecule has 0 fully saturated rings. The minimum atomic E-state index is -0.852. The van der Waals surface area contributed by atoms with Crippen molar-refractivity contribution >= 4 is 23.3 Å². The summed E-state index contributed by atoms with van der Waals surface area (Å²) in [5.41, 5.74) is 4.30. The van der Waals surface area contributed by atoms with E-state index in [0.717, 1.165) is 11.3 Å². The van der Waals surface area contributed by atoms with Crippen LogP contribution >= 0.6 is 11.6 Å². The topological polar surface area (TPSA) is 40.5 Å². The van der Waals surface area contributed by atoms with Gasteiger partial charge in [-0.25, -0.2) is 0 Å². The van der Waals surface area contributed by atoms with Gasteiger partial charge in [-0.3, -0.25) is 4.79 Å². The van der Waals surface area contributed by atoms with Crippen molar-refractivity contribution in [3.05, 3.63) is 64.2 Å². The van der Waals surface area contributed by atoms with E-state index in [9.17, 15) is 4.79 Å². The van der Waals surface area contributed by atoms with Gasteiger partial charge in [-0.05, 0) is 43.7 Å². The lowest BCUT2D eigenvalue weighted by Crippen LogP contribution is -2.29. The summed E-state index contributed by atoms with van der Waals surface area (Å²) in [5, 5.41) is 9.76. The summed E-state index contributed by atoms with van der Waals surface area (Å²) in [7, 11) is 0. The zero-order valence-corrected chi connectivity index (χ0v) is 12.9.